The average molecular weight is 454 g/mol. The molecule has 1 N–H and O–H groups in total. The fraction of sp³-hybridized carbons (Fsp3) is 0.481. The topological polar surface area (TPSA) is 76.1 Å². The first-order valence-corrected chi connectivity index (χ1v) is 11.7. The van der Waals surface area contributed by atoms with E-state index in [-0.39, 0.29) is 5.91 Å². The Morgan fingerprint density at radius 1 is 1.12 bits per heavy atom. The van der Waals surface area contributed by atoms with Crippen LogP contribution in [0.25, 0.3) is 0 Å². The van der Waals surface area contributed by atoms with E-state index in [1.807, 2.05) is 6.07 Å². The van der Waals surface area contributed by atoms with Crippen LogP contribution >= 0.6 is 0 Å². The summed E-state index contributed by atoms with van der Waals surface area (Å²) in [6.07, 6.45) is 4.34. The number of hydrogen-bond acceptors (Lipinski definition) is 4. The molecule has 0 heterocycles. The highest BCUT2D eigenvalue weighted by molar-refractivity contribution is 5.98. The zero-order valence-corrected chi connectivity index (χ0v) is 20.1. The summed E-state index contributed by atoms with van der Waals surface area (Å²) < 4.78 is 11.4. The molecule has 1 saturated carbocycles. The van der Waals surface area contributed by atoms with Crippen LogP contribution in [0.1, 0.15) is 60.5 Å². The van der Waals surface area contributed by atoms with Gasteiger partial charge in [-0.3, -0.25) is 4.79 Å². The molecule has 178 valence electrons. The molecule has 2 aromatic rings. The molecule has 0 radical (unpaired) electrons. The van der Waals surface area contributed by atoms with E-state index in [1.165, 1.54) is 16.0 Å². The van der Waals surface area contributed by atoms with Crippen LogP contribution < -0.4 is 9.47 Å². The van der Waals surface area contributed by atoms with Crippen molar-refractivity contribution in [1.29, 1.82) is 0 Å². The molecule has 0 atom stereocenters. The normalized spacial score (nSPS) is 20.2. The number of methoxy groups -OCH3 is 1. The number of amides is 1. The lowest BCUT2D eigenvalue weighted by Gasteiger charge is -2.43. The summed E-state index contributed by atoms with van der Waals surface area (Å²) in [5.74, 6) is 0.281. The second-order valence-corrected chi connectivity index (χ2v) is 9.01. The van der Waals surface area contributed by atoms with Gasteiger partial charge in [0.2, 0.25) is 0 Å². The number of nitrogens with zero attached hydrogens (tertiary/aromatic N) is 1. The summed E-state index contributed by atoms with van der Waals surface area (Å²) in [5, 5.41) is 10.1. The Balaban J connectivity index is 1.76. The van der Waals surface area contributed by atoms with Gasteiger partial charge in [0.15, 0.2) is 11.5 Å². The quantitative estimate of drug-likeness (QED) is 0.570. The van der Waals surface area contributed by atoms with Crippen LogP contribution in [0, 0.1) is 12.8 Å². The monoisotopic (exact) mass is 453 g/mol. The van der Waals surface area contributed by atoms with Gasteiger partial charge in [0, 0.05) is 19.0 Å². The summed E-state index contributed by atoms with van der Waals surface area (Å²) in [6, 6.07) is 13.3. The number of rotatable bonds is 9. The van der Waals surface area contributed by atoms with Crippen LogP contribution in [0.5, 0.6) is 11.5 Å². The van der Waals surface area contributed by atoms with Crippen molar-refractivity contribution in [3.63, 3.8) is 0 Å². The Labute approximate surface area is 196 Å². The Kier molecular flexibility index (Phi) is 8.01. The molecule has 1 fully saturated rings. The van der Waals surface area contributed by atoms with E-state index < -0.39 is 11.5 Å². The number of hydrogen-bond donors (Lipinski definition) is 1. The summed E-state index contributed by atoms with van der Waals surface area (Å²) in [7, 11) is 3.16. The molecule has 3 rings (SSSR count). The Morgan fingerprint density at radius 3 is 2.45 bits per heavy atom. The molecule has 0 spiro atoms. The minimum Gasteiger partial charge on any atom is -0.493 e. The van der Waals surface area contributed by atoms with Crippen LogP contribution in [0.2, 0.25) is 0 Å². The number of carboxylic acids is 1. The molecular formula is C27H35NO5. The second kappa shape index (κ2) is 10.7. The van der Waals surface area contributed by atoms with Gasteiger partial charge in [-0.25, -0.2) is 4.79 Å². The minimum absolute atomic E-state index is 0.321. The highest BCUT2D eigenvalue weighted by atomic mass is 16.5. The molecule has 0 aromatic heterocycles. The third-order valence-corrected chi connectivity index (χ3v) is 7.00. The molecule has 1 amide bonds. The maximum atomic E-state index is 13.4. The largest absolute Gasteiger partial charge is 0.493 e. The highest BCUT2D eigenvalue weighted by Gasteiger charge is 2.47. The highest BCUT2D eigenvalue weighted by Crippen LogP contribution is 2.38. The molecule has 0 unspecified atom stereocenters. The SMILES string of the molecule is CC[C@H]1CC[C@@](C(=O)O)(N(C)C(=O)c2ccc(OC)c(OCCc3cccc(C)c3)c2)CC1. The molecule has 6 heteroatoms. The van der Waals surface area contributed by atoms with Crippen LogP contribution in [-0.2, 0) is 11.2 Å². The first-order chi connectivity index (χ1) is 15.8. The number of likely N-dealkylation sites (N-methyl/N-ethyl adjacent to an activating group) is 1. The number of aryl methyl sites for hydroxylation is 1. The van der Waals surface area contributed by atoms with Gasteiger partial charge in [-0.15, -0.1) is 0 Å². The molecule has 0 bridgehead atoms. The lowest BCUT2D eigenvalue weighted by Crippen LogP contribution is -2.57. The molecule has 2 aromatic carbocycles. The predicted octanol–water partition coefficient (Wildman–Crippen LogP) is 5.12. The van der Waals surface area contributed by atoms with Crippen molar-refractivity contribution in [2.45, 2.75) is 57.9 Å². The van der Waals surface area contributed by atoms with Crippen LogP contribution in [0.4, 0.5) is 0 Å². The van der Waals surface area contributed by atoms with Gasteiger partial charge in [0.25, 0.3) is 5.91 Å². The first-order valence-electron chi connectivity index (χ1n) is 11.7. The van der Waals surface area contributed by atoms with Crippen molar-refractivity contribution in [3.8, 4) is 11.5 Å². The Hall–Kier alpha value is -3.02. The van der Waals surface area contributed by atoms with Gasteiger partial charge in [-0.05, 0) is 62.3 Å². The van der Waals surface area contributed by atoms with Gasteiger partial charge in [0.1, 0.15) is 5.54 Å². The van der Waals surface area contributed by atoms with Crippen molar-refractivity contribution in [1.82, 2.24) is 4.90 Å². The molecule has 0 saturated heterocycles. The number of ether oxygens (including phenoxy) is 2. The van der Waals surface area contributed by atoms with E-state index >= 15 is 0 Å². The molecule has 1 aliphatic carbocycles. The van der Waals surface area contributed by atoms with E-state index in [2.05, 4.69) is 32.0 Å². The Bertz CT molecular complexity index is 978. The van der Waals surface area contributed by atoms with Crippen molar-refractivity contribution >= 4 is 11.9 Å². The number of carboxylic acid groups (broad SMARTS) is 1. The van der Waals surface area contributed by atoms with Crippen molar-refractivity contribution in [3.05, 3.63) is 59.2 Å². The standard InChI is InChI=1S/C27H35NO5/c1-5-20-11-14-27(15-12-20,26(30)31)28(3)25(29)22-9-10-23(32-4)24(18-22)33-16-13-21-8-6-7-19(2)17-21/h6-10,17-18,20H,5,11-16H2,1-4H3,(H,30,31)/t20-,27+. The summed E-state index contributed by atoms with van der Waals surface area (Å²) in [5.41, 5.74) is 1.59. The maximum Gasteiger partial charge on any atom is 0.329 e. The van der Waals surface area contributed by atoms with Crippen molar-refractivity contribution in [2.24, 2.45) is 5.92 Å². The van der Waals surface area contributed by atoms with E-state index in [9.17, 15) is 14.7 Å². The van der Waals surface area contributed by atoms with E-state index in [0.29, 0.717) is 42.4 Å². The smallest absolute Gasteiger partial charge is 0.329 e. The van der Waals surface area contributed by atoms with Crippen LogP contribution in [0.15, 0.2) is 42.5 Å². The molecule has 6 nitrogen and oxygen atoms in total. The lowest BCUT2D eigenvalue weighted by molar-refractivity contribution is -0.152. The number of benzene rings is 2. The van der Waals surface area contributed by atoms with E-state index in [0.717, 1.165) is 25.7 Å². The van der Waals surface area contributed by atoms with Gasteiger partial charge < -0.3 is 19.5 Å². The second-order valence-electron chi connectivity index (χ2n) is 9.01. The third kappa shape index (κ3) is 5.49. The first kappa shape index (κ1) is 24.6. The summed E-state index contributed by atoms with van der Waals surface area (Å²) in [4.78, 5) is 27.0. The summed E-state index contributed by atoms with van der Waals surface area (Å²) in [6.45, 7) is 4.62. The van der Waals surface area contributed by atoms with Crippen molar-refractivity contribution in [2.75, 3.05) is 20.8 Å². The third-order valence-electron chi connectivity index (χ3n) is 7.00. The zero-order valence-electron chi connectivity index (χ0n) is 20.1. The molecule has 0 aliphatic heterocycles. The minimum atomic E-state index is -1.17. The van der Waals surface area contributed by atoms with Gasteiger partial charge >= 0.3 is 5.97 Å². The predicted molar refractivity (Wildman–Crippen MR) is 128 cm³/mol. The van der Waals surface area contributed by atoms with Gasteiger partial charge in [0.05, 0.1) is 13.7 Å². The average Bonchev–Trinajstić information content (AvgIpc) is 2.83. The summed E-state index contributed by atoms with van der Waals surface area (Å²) >= 11 is 0. The molecular weight excluding hydrogens is 418 g/mol. The van der Waals surface area contributed by atoms with Gasteiger partial charge in [-0.2, -0.15) is 0 Å². The maximum absolute atomic E-state index is 13.4. The molecule has 1 aliphatic rings. The zero-order chi connectivity index (χ0) is 24.0. The van der Waals surface area contributed by atoms with E-state index in [4.69, 9.17) is 9.47 Å². The van der Waals surface area contributed by atoms with Crippen LogP contribution in [0.3, 0.4) is 0 Å². The number of carbonyl (C=O) groups excluding carboxylic acids is 1. The number of aliphatic carboxylic acids is 1. The Morgan fingerprint density at radius 2 is 1.85 bits per heavy atom. The fourth-order valence-corrected chi connectivity index (χ4v) is 4.71. The number of carbonyl (C=O) groups is 2. The van der Waals surface area contributed by atoms with Crippen LogP contribution in [-0.4, -0.2) is 48.2 Å². The lowest BCUT2D eigenvalue weighted by atomic mass is 9.74. The van der Waals surface area contributed by atoms with Gasteiger partial charge in [-0.1, -0.05) is 43.2 Å². The molecule has 33 heavy (non-hydrogen) atoms. The van der Waals surface area contributed by atoms with Crippen molar-refractivity contribution < 1.29 is 24.2 Å². The fourth-order valence-electron chi connectivity index (χ4n) is 4.71. The van der Waals surface area contributed by atoms with E-state index in [1.54, 1.807) is 32.4 Å².